The van der Waals surface area contributed by atoms with E-state index >= 15 is 0 Å². The molecule has 1 fully saturated rings. The molecule has 2 rings (SSSR count). The van der Waals surface area contributed by atoms with Crippen LogP contribution in [0.1, 0.15) is 6.42 Å². The molecule has 4 heteroatoms. The van der Waals surface area contributed by atoms with Gasteiger partial charge in [0.25, 0.3) is 0 Å². The molecule has 1 amide bonds. The standard InChI is InChI=1S/C11H11ClN2O/c1-2-8-6-11(15)14(7-8)10-5-3-4-9(12)13-10/h2-5,8H,1,6-7H2. The Kier molecular flexibility index (Phi) is 2.73. The van der Waals surface area contributed by atoms with Crippen LogP contribution in [0.15, 0.2) is 30.9 Å². The average molecular weight is 223 g/mol. The molecule has 0 spiro atoms. The van der Waals surface area contributed by atoms with Crippen LogP contribution in [0.2, 0.25) is 5.15 Å². The zero-order valence-electron chi connectivity index (χ0n) is 8.19. The molecule has 2 heterocycles. The SMILES string of the molecule is C=CC1CC(=O)N(c2cccc(Cl)n2)C1. The Labute approximate surface area is 93.4 Å². The summed E-state index contributed by atoms with van der Waals surface area (Å²) in [6.45, 7) is 4.35. The first-order valence-corrected chi connectivity index (χ1v) is 5.14. The molecule has 0 aromatic carbocycles. The molecule has 78 valence electrons. The summed E-state index contributed by atoms with van der Waals surface area (Å²) in [7, 11) is 0. The minimum Gasteiger partial charge on any atom is -0.296 e. The number of halogens is 1. The topological polar surface area (TPSA) is 33.2 Å². The number of carbonyl (C=O) groups is 1. The summed E-state index contributed by atoms with van der Waals surface area (Å²) in [6.07, 6.45) is 2.32. The highest BCUT2D eigenvalue weighted by molar-refractivity contribution is 6.29. The number of aromatic nitrogens is 1. The van der Waals surface area contributed by atoms with Crippen molar-refractivity contribution in [1.82, 2.24) is 4.98 Å². The van der Waals surface area contributed by atoms with E-state index in [-0.39, 0.29) is 11.8 Å². The second-order valence-corrected chi connectivity index (χ2v) is 3.91. The average Bonchev–Trinajstić information content (AvgIpc) is 2.60. The van der Waals surface area contributed by atoms with Gasteiger partial charge in [-0.15, -0.1) is 6.58 Å². The number of carbonyl (C=O) groups excluding carboxylic acids is 1. The van der Waals surface area contributed by atoms with Gasteiger partial charge < -0.3 is 0 Å². The van der Waals surface area contributed by atoms with Gasteiger partial charge in [-0.3, -0.25) is 9.69 Å². The fourth-order valence-corrected chi connectivity index (χ4v) is 1.82. The third-order valence-electron chi connectivity index (χ3n) is 2.47. The van der Waals surface area contributed by atoms with Crippen molar-refractivity contribution >= 4 is 23.3 Å². The van der Waals surface area contributed by atoms with Gasteiger partial charge in [-0.25, -0.2) is 4.98 Å². The number of rotatable bonds is 2. The van der Waals surface area contributed by atoms with E-state index in [2.05, 4.69) is 11.6 Å². The molecule has 0 saturated carbocycles. The monoisotopic (exact) mass is 222 g/mol. The largest absolute Gasteiger partial charge is 0.296 e. The molecular weight excluding hydrogens is 212 g/mol. The maximum Gasteiger partial charge on any atom is 0.228 e. The van der Waals surface area contributed by atoms with E-state index < -0.39 is 0 Å². The van der Waals surface area contributed by atoms with Crippen molar-refractivity contribution in [2.24, 2.45) is 5.92 Å². The minimum absolute atomic E-state index is 0.0784. The van der Waals surface area contributed by atoms with E-state index in [1.807, 2.05) is 6.08 Å². The molecule has 1 unspecified atom stereocenters. The molecule has 1 aromatic heterocycles. The Hall–Kier alpha value is -1.35. The van der Waals surface area contributed by atoms with Crippen LogP contribution in [0.25, 0.3) is 0 Å². The van der Waals surface area contributed by atoms with Crippen molar-refractivity contribution in [3.63, 3.8) is 0 Å². The van der Waals surface area contributed by atoms with Gasteiger partial charge in [0.2, 0.25) is 5.91 Å². The van der Waals surface area contributed by atoms with Crippen LogP contribution in [0.3, 0.4) is 0 Å². The lowest BCUT2D eigenvalue weighted by molar-refractivity contribution is -0.117. The van der Waals surface area contributed by atoms with E-state index in [0.717, 1.165) is 0 Å². The van der Waals surface area contributed by atoms with Crippen LogP contribution in [0.5, 0.6) is 0 Å². The van der Waals surface area contributed by atoms with Crippen LogP contribution in [-0.4, -0.2) is 17.4 Å². The van der Waals surface area contributed by atoms with Crippen molar-refractivity contribution in [3.8, 4) is 0 Å². The second-order valence-electron chi connectivity index (χ2n) is 3.52. The Morgan fingerprint density at radius 1 is 1.60 bits per heavy atom. The Balaban J connectivity index is 2.25. The maximum atomic E-state index is 11.7. The van der Waals surface area contributed by atoms with Crippen LogP contribution < -0.4 is 4.90 Å². The smallest absolute Gasteiger partial charge is 0.228 e. The Morgan fingerprint density at radius 2 is 2.40 bits per heavy atom. The summed E-state index contributed by atoms with van der Waals surface area (Å²) in [5.74, 6) is 0.921. The van der Waals surface area contributed by atoms with Crippen molar-refractivity contribution in [2.75, 3.05) is 11.4 Å². The van der Waals surface area contributed by atoms with Crippen molar-refractivity contribution in [2.45, 2.75) is 6.42 Å². The lowest BCUT2D eigenvalue weighted by Crippen LogP contribution is -2.25. The molecule has 1 aromatic rings. The van der Waals surface area contributed by atoms with Crippen LogP contribution in [-0.2, 0) is 4.79 Å². The zero-order valence-corrected chi connectivity index (χ0v) is 8.94. The molecule has 1 saturated heterocycles. The first kappa shape index (κ1) is 10.2. The lowest BCUT2D eigenvalue weighted by atomic mass is 10.1. The second kappa shape index (κ2) is 4.03. The highest BCUT2D eigenvalue weighted by Crippen LogP contribution is 2.24. The molecule has 1 aliphatic rings. The van der Waals surface area contributed by atoms with Gasteiger partial charge in [-0.2, -0.15) is 0 Å². The minimum atomic E-state index is 0.0784. The van der Waals surface area contributed by atoms with Gasteiger partial charge in [0.05, 0.1) is 0 Å². The Morgan fingerprint density at radius 3 is 3.00 bits per heavy atom. The first-order chi connectivity index (χ1) is 7.20. The molecular formula is C11H11ClN2O. The third-order valence-corrected chi connectivity index (χ3v) is 2.68. The van der Waals surface area contributed by atoms with E-state index in [9.17, 15) is 4.79 Å². The Bertz CT molecular complexity index is 405. The van der Waals surface area contributed by atoms with Gasteiger partial charge in [0.1, 0.15) is 11.0 Å². The van der Waals surface area contributed by atoms with Gasteiger partial charge in [0, 0.05) is 18.9 Å². The number of anilines is 1. The molecule has 0 bridgehead atoms. The number of hydrogen-bond donors (Lipinski definition) is 0. The molecule has 0 N–H and O–H groups in total. The molecule has 15 heavy (non-hydrogen) atoms. The number of nitrogens with zero attached hydrogens (tertiary/aromatic N) is 2. The fraction of sp³-hybridized carbons (Fsp3) is 0.273. The predicted molar refractivity (Wildman–Crippen MR) is 59.9 cm³/mol. The summed E-state index contributed by atoms with van der Waals surface area (Å²) >= 11 is 5.77. The summed E-state index contributed by atoms with van der Waals surface area (Å²) in [4.78, 5) is 17.4. The normalized spacial score (nSPS) is 20.7. The van der Waals surface area contributed by atoms with Crippen molar-refractivity contribution < 1.29 is 4.79 Å². The summed E-state index contributed by atoms with van der Waals surface area (Å²) < 4.78 is 0. The highest BCUT2D eigenvalue weighted by atomic mass is 35.5. The molecule has 1 aliphatic heterocycles. The summed E-state index contributed by atoms with van der Waals surface area (Å²) in [6, 6.07) is 5.27. The quantitative estimate of drug-likeness (QED) is 0.568. The van der Waals surface area contributed by atoms with E-state index in [1.165, 1.54) is 0 Å². The van der Waals surface area contributed by atoms with Crippen LogP contribution in [0, 0.1) is 5.92 Å². The zero-order chi connectivity index (χ0) is 10.8. The first-order valence-electron chi connectivity index (χ1n) is 4.76. The maximum absolute atomic E-state index is 11.7. The van der Waals surface area contributed by atoms with Gasteiger partial charge in [0.15, 0.2) is 0 Å². The van der Waals surface area contributed by atoms with E-state index in [0.29, 0.717) is 23.9 Å². The lowest BCUT2D eigenvalue weighted by Gasteiger charge is -2.14. The van der Waals surface area contributed by atoms with Gasteiger partial charge >= 0.3 is 0 Å². The highest BCUT2D eigenvalue weighted by Gasteiger charge is 2.29. The fourth-order valence-electron chi connectivity index (χ4n) is 1.66. The van der Waals surface area contributed by atoms with Crippen molar-refractivity contribution in [3.05, 3.63) is 36.0 Å². The molecule has 0 aliphatic carbocycles. The number of pyridine rings is 1. The van der Waals surface area contributed by atoms with Crippen LogP contribution in [0.4, 0.5) is 5.82 Å². The van der Waals surface area contributed by atoms with Gasteiger partial charge in [-0.1, -0.05) is 23.7 Å². The number of hydrogen-bond acceptors (Lipinski definition) is 2. The molecule has 0 radical (unpaired) electrons. The van der Waals surface area contributed by atoms with E-state index in [1.54, 1.807) is 23.1 Å². The molecule has 1 atom stereocenters. The third kappa shape index (κ3) is 2.02. The van der Waals surface area contributed by atoms with E-state index in [4.69, 9.17) is 11.6 Å². The molecule has 3 nitrogen and oxygen atoms in total. The van der Waals surface area contributed by atoms with Crippen molar-refractivity contribution in [1.29, 1.82) is 0 Å². The van der Waals surface area contributed by atoms with Gasteiger partial charge in [-0.05, 0) is 12.1 Å². The van der Waals surface area contributed by atoms with Crippen LogP contribution >= 0.6 is 11.6 Å². The summed E-state index contributed by atoms with van der Waals surface area (Å²) in [5, 5.41) is 0.405. The summed E-state index contributed by atoms with van der Waals surface area (Å²) in [5.41, 5.74) is 0. The predicted octanol–water partition coefficient (Wildman–Crippen LogP) is 2.27. The number of amides is 1.